The van der Waals surface area contributed by atoms with Crippen molar-refractivity contribution in [1.82, 2.24) is 19.6 Å². The predicted molar refractivity (Wildman–Crippen MR) is 112 cm³/mol. The highest BCUT2D eigenvalue weighted by Crippen LogP contribution is 2.27. The van der Waals surface area contributed by atoms with E-state index in [1.165, 1.54) is 11.1 Å². The van der Waals surface area contributed by atoms with Gasteiger partial charge in [-0.1, -0.05) is 24.3 Å². The van der Waals surface area contributed by atoms with Crippen LogP contribution < -0.4 is 5.32 Å². The lowest BCUT2D eigenvalue weighted by Crippen LogP contribution is -2.28. The van der Waals surface area contributed by atoms with Crippen LogP contribution in [0.4, 0.5) is 5.82 Å². The predicted octanol–water partition coefficient (Wildman–Crippen LogP) is 4.38. The van der Waals surface area contributed by atoms with Crippen LogP contribution >= 0.6 is 0 Å². The van der Waals surface area contributed by atoms with Crippen molar-refractivity contribution < 1.29 is 0 Å². The molecule has 5 nitrogen and oxygen atoms in total. The van der Waals surface area contributed by atoms with Crippen molar-refractivity contribution in [1.29, 1.82) is 0 Å². The third kappa shape index (κ3) is 3.03. The number of fused-ring (bicyclic) bond motifs is 2. The Morgan fingerprint density at radius 3 is 2.75 bits per heavy atom. The average Bonchev–Trinajstić information content (AvgIpc) is 3.09. The number of hydrogen-bond donors (Lipinski definition) is 1. The van der Waals surface area contributed by atoms with Crippen molar-refractivity contribution in [3.05, 3.63) is 77.2 Å². The Hall–Kier alpha value is -3.21. The zero-order chi connectivity index (χ0) is 19.1. The SMILES string of the molecule is Cc1cncc(-c2cc(NC3CCc4ccccc4C3)n3ncc(C)c3n2)c1. The number of nitrogens with one attached hydrogen (secondary N) is 1. The second-order valence-electron chi connectivity index (χ2n) is 7.69. The van der Waals surface area contributed by atoms with E-state index in [1.807, 2.05) is 30.0 Å². The van der Waals surface area contributed by atoms with Gasteiger partial charge in [-0.05, 0) is 55.9 Å². The van der Waals surface area contributed by atoms with Gasteiger partial charge >= 0.3 is 0 Å². The van der Waals surface area contributed by atoms with E-state index in [-0.39, 0.29) is 0 Å². The van der Waals surface area contributed by atoms with Gasteiger partial charge in [-0.2, -0.15) is 9.61 Å². The molecule has 0 aliphatic heterocycles. The summed E-state index contributed by atoms with van der Waals surface area (Å²) in [7, 11) is 0. The van der Waals surface area contributed by atoms with Gasteiger partial charge in [0.1, 0.15) is 5.82 Å². The average molecular weight is 369 g/mol. The second kappa shape index (κ2) is 6.75. The van der Waals surface area contributed by atoms with Gasteiger partial charge in [0, 0.05) is 35.6 Å². The quantitative estimate of drug-likeness (QED) is 0.582. The number of aromatic nitrogens is 4. The van der Waals surface area contributed by atoms with Crippen LogP contribution in [0.2, 0.25) is 0 Å². The zero-order valence-corrected chi connectivity index (χ0v) is 16.2. The summed E-state index contributed by atoms with van der Waals surface area (Å²) in [6.45, 7) is 4.10. The van der Waals surface area contributed by atoms with E-state index in [0.717, 1.165) is 53.1 Å². The molecule has 1 N–H and O–H groups in total. The Morgan fingerprint density at radius 1 is 1.04 bits per heavy atom. The highest BCUT2D eigenvalue weighted by atomic mass is 15.3. The monoisotopic (exact) mass is 369 g/mol. The Labute approximate surface area is 164 Å². The molecule has 3 aromatic heterocycles. The van der Waals surface area contributed by atoms with Crippen LogP contribution in [0.3, 0.4) is 0 Å². The maximum absolute atomic E-state index is 4.86. The summed E-state index contributed by atoms with van der Waals surface area (Å²) in [5.41, 5.74) is 7.95. The molecular formula is C23H23N5. The van der Waals surface area contributed by atoms with Crippen LogP contribution in [0, 0.1) is 13.8 Å². The number of anilines is 1. The summed E-state index contributed by atoms with van der Waals surface area (Å²) in [5.74, 6) is 0.985. The number of nitrogens with zero attached hydrogens (tertiary/aromatic N) is 4. The Balaban J connectivity index is 1.54. The largest absolute Gasteiger partial charge is 0.367 e. The van der Waals surface area contributed by atoms with Crippen molar-refractivity contribution in [2.45, 2.75) is 39.2 Å². The van der Waals surface area contributed by atoms with E-state index in [4.69, 9.17) is 4.98 Å². The highest BCUT2D eigenvalue weighted by Gasteiger charge is 2.20. The molecule has 0 amide bonds. The smallest absolute Gasteiger partial charge is 0.160 e. The molecule has 0 saturated carbocycles. The van der Waals surface area contributed by atoms with Crippen LogP contribution in [0.25, 0.3) is 16.9 Å². The first-order valence-electron chi connectivity index (χ1n) is 9.78. The summed E-state index contributed by atoms with van der Waals surface area (Å²) in [6, 6.07) is 13.4. The topological polar surface area (TPSA) is 55.1 Å². The fraction of sp³-hybridized carbons (Fsp3) is 0.261. The highest BCUT2D eigenvalue weighted by molar-refractivity contribution is 5.67. The van der Waals surface area contributed by atoms with Crippen LogP contribution in [0.1, 0.15) is 28.7 Å². The second-order valence-corrected chi connectivity index (χ2v) is 7.69. The normalized spacial score (nSPS) is 16.1. The lowest BCUT2D eigenvalue weighted by atomic mass is 9.88. The van der Waals surface area contributed by atoms with Crippen LogP contribution in [0.15, 0.2) is 55.0 Å². The molecule has 140 valence electrons. The van der Waals surface area contributed by atoms with E-state index < -0.39 is 0 Å². The number of pyridine rings is 1. The van der Waals surface area contributed by atoms with Crippen LogP contribution in [-0.2, 0) is 12.8 Å². The lowest BCUT2D eigenvalue weighted by Gasteiger charge is -2.26. The summed E-state index contributed by atoms with van der Waals surface area (Å²) in [4.78, 5) is 9.19. The Kier molecular flexibility index (Phi) is 4.08. The summed E-state index contributed by atoms with van der Waals surface area (Å²) in [6.07, 6.45) is 8.86. The van der Waals surface area contributed by atoms with Crippen molar-refractivity contribution in [2.75, 3.05) is 5.32 Å². The van der Waals surface area contributed by atoms with E-state index in [2.05, 4.69) is 58.7 Å². The molecule has 0 saturated heterocycles. The zero-order valence-electron chi connectivity index (χ0n) is 16.2. The molecule has 0 radical (unpaired) electrons. The fourth-order valence-corrected chi connectivity index (χ4v) is 4.05. The van der Waals surface area contributed by atoms with E-state index in [9.17, 15) is 0 Å². The third-order valence-electron chi connectivity index (χ3n) is 5.52. The van der Waals surface area contributed by atoms with Gasteiger partial charge < -0.3 is 5.32 Å². The molecule has 5 heteroatoms. The maximum Gasteiger partial charge on any atom is 0.160 e. The van der Waals surface area contributed by atoms with E-state index in [0.29, 0.717) is 6.04 Å². The van der Waals surface area contributed by atoms with Gasteiger partial charge in [0.15, 0.2) is 5.65 Å². The Morgan fingerprint density at radius 2 is 1.89 bits per heavy atom. The van der Waals surface area contributed by atoms with Crippen LogP contribution in [0.5, 0.6) is 0 Å². The standard InChI is InChI=1S/C23H23N5/c1-15-9-19(14-24-12-15)21-11-22(28-23(27-21)16(2)13-25-28)26-20-8-7-17-5-3-4-6-18(17)10-20/h3-6,9,11-14,20,26H,7-8,10H2,1-2H3. The lowest BCUT2D eigenvalue weighted by molar-refractivity contribution is 0.606. The summed E-state index contributed by atoms with van der Waals surface area (Å²) >= 11 is 0. The van der Waals surface area contributed by atoms with Gasteiger partial charge in [-0.25, -0.2) is 4.98 Å². The minimum absolute atomic E-state index is 0.383. The number of aryl methyl sites for hydroxylation is 3. The third-order valence-corrected chi connectivity index (χ3v) is 5.52. The van der Waals surface area contributed by atoms with Crippen LogP contribution in [-0.4, -0.2) is 25.6 Å². The molecule has 1 atom stereocenters. The molecule has 0 bridgehead atoms. The van der Waals surface area contributed by atoms with Gasteiger partial charge in [0.25, 0.3) is 0 Å². The molecule has 28 heavy (non-hydrogen) atoms. The molecule has 1 unspecified atom stereocenters. The maximum atomic E-state index is 4.86. The minimum Gasteiger partial charge on any atom is -0.367 e. The summed E-state index contributed by atoms with van der Waals surface area (Å²) in [5, 5.41) is 8.30. The number of rotatable bonds is 3. The first-order chi connectivity index (χ1) is 13.7. The van der Waals surface area contributed by atoms with E-state index in [1.54, 1.807) is 0 Å². The van der Waals surface area contributed by atoms with E-state index >= 15 is 0 Å². The molecule has 5 rings (SSSR count). The van der Waals surface area contributed by atoms with Crippen molar-refractivity contribution in [2.24, 2.45) is 0 Å². The molecular weight excluding hydrogens is 346 g/mol. The fourth-order valence-electron chi connectivity index (χ4n) is 4.05. The van der Waals surface area contributed by atoms with Crippen molar-refractivity contribution >= 4 is 11.5 Å². The molecule has 0 fully saturated rings. The van der Waals surface area contributed by atoms with Crippen molar-refractivity contribution in [3.8, 4) is 11.3 Å². The molecule has 1 aliphatic carbocycles. The Bertz CT molecular complexity index is 1160. The summed E-state index contributed by atoms with van der Waals surface area (Å²) < 4.78 is 1.92. The molecule has 4 aromatic rings. The van der Waals surface area contributed by atoms with Gasteiger partial charge in [-0.15, -0.1) is 0 Å². The first kappa shape index (κ1) is 16.9. The van der Waals surface area contributed by atoms with Gasteiger partial charge in [-0.3, -0.25) is 4.98 Å². The van der Waals surface area contributed by atoms with Crippen molar-refractivity contribution in [3.63, 3.8) is 0 Å². The number of benzene rings is 1. The van der Waals surface area contributed by atoms with Gasteiger partial charge in [0.2, 0.25) is 0 Å². The molecule has 1 aliphatic rings. The van der Waals surface area contributed by atoms with Gasteiger partial charge in [0.05, 0.1) is 11.9 Å². The minimum atomic E-state index is 0.383. The molecule has 3 heterocycles. The number of hydrogen-bond acceptors (Lipinski definition) is 4. The molecule has 1 aromatic carbocycles. The molecule has 0 spiro atoms. The first-order valence-corrected chi connectivity index (χ1v) is 9.78.